The number of rotatable bonds is 1. The van der Waals surface area contributed by atoms with Crippen LogP contribution in [0.15, 0.2) is 24.3 Å². The molecule has 1 N–H and O–H groups in total. The Labute approximate surface area is 89.4 Å². The van der Waals surface area contributed by atoms with Crippen LogP contribution in [0, 0.1) is 0 Å². The number of ether oxygens (including phenoxy) is 2. The summed E-state index contributed by atoms with van der Waals surface area (Å²) in [5.74, 6) is 1.74. The highest BCUT2D eigenvalue weighted by molar-refractivity contribution is 5.40. The molecule has 3 rings (SSSR count). The summed E-state index contributed by atoms with van der Waals surface area (Å²) in [5, 5.41) is 3.45. The Hall–Kier alpha value is -1.22. The molecule has 0 bridgehead atoms. The molecule has 2 heterocycles. The number of hydrogen-bond donors (Lipinski definition) is 1. The largest absolute Gasteiger partial charge is 0.486 e. The topological polar surface area (TPSA) is 30.5 Å². The molecule has 0 unspecified atom stereocenters. The van der Waals surface area contributed by atoms with E-state index in [1.807, 2.05) is 24.3 Å². The third kappa shape index (κ3) is 1.67. The number of fused-ring (bicyclic) bond motifs is 1. The molecule has 15 heavy (non-hydrogen) atoms. The van der Waals surface area contributed by atoms with Crippen molar-refractivity contribution in [2.75, 3.05) is 13.2 Å². The Morgan fingerprint density at radius 2 is 2.07 bits per heavy atom. The van der Waals surface area contributed by atoms with E-state index in [0.29, 0.717) is 12.6 Å². The lowest BCUT2D eigenvalue weighted by Gasteiger charge is -2.30. The van der Waals surface area contributed by atoms with Crippen molar-refractivity contribution < 1.29 is 9.47 Å². The van der Waals surface area contributed by atoms with Gasteiger partial charge in [-0.15, -0.1) is 0 Å². The van der Waals surface area contributed by atoms with E-state index < -0.39 is 0 Å². The molecule has 0 aliphatic carbocycles. The highest BCUT2D eigenvalue weighted by Gasteiger charge is 2.30. The molecule has 2 aliphatic rings. The van der Waals surface area contributed by atoms with Gasteiger partial charge in [0.1, 0.15) is 12.7 Å². The Balaban J connectivity index is 1.76. The van der Waals surface area contributed by atoms with E-state index in [9.17, 15) is 0 Å². The smallest absolute Gasteiger partial charge is 0.161 e. The van der Waals surface area contributed by atoms with Gasteiger partial charge in [-0.1, -0.05) is 12.1 Å². The van der Waals surface area contributed by atoms with Gasteiger partial charge in [-0.05, 0) is 31.5 Å². The minimum absolute atomic E-state index is 0.169. The van der Waals surface area contributed by atoms with E-state index in [1.54, 1.807) is 0 Å². The lowest BCUT2D eigenvalue weighted by atomic mass is 10.1. The van der Waals surface area contributed by atoms with Crippen LogP contribution in [-0.2, 0) is 0 Å². The van der Waals surface area contributed by atoms with Crippen LogP contribution >= 0.6 is 0 Å². The minimum atomic E-state index is 0.169. The highest BCUT2D eigenvalue weighted by atomic mass is 16.6. The molecular formula is C12H15NO2. The predicted octanol–water partition coefficient (Wildman–Crippen LogP) is 1.58. The van der Waals surface area contributed by atoms with Gasteiger partial charge in [0, 0.05) is 6.04 Å². The van der Waals surface area contributed by atoms with Crippen LogP contribution in [0.5, 0.6) is 11.5 Å². The van der Waals surface area contributed by atoms with Crippen LogP contribution in [0.2, 0.25) is 0 Å². The summed E-state index contributed by atoms with van der Waals surface area (Å²) in [5.41, 5.74) is 0. The maximum atomic E-state index is 5.93. The average Bonchev–Trinajstić information content (AvgIpc) is 2.82. The molecule has 3 nitrogen and oxygen atoms in total. The molecule has 1 fully saturated rings. The zero-order valence-corrected chi connectivity index (χ0v) is 8.61. The summed E-state index contributed by atoms with van der Waals surface area (Å²) in [6.07, 6.45) is 2.60. The second-order valence-electron chi connectivity index (χ2n) is 4.12. The zero-order chi connectivity index (χ0) is 10.1. The third-order valence-electron chi connectivity index (χ3n) is 3.08. The van der Waals surface area contributed by atoms with Crippen molar-refractivity contribution >= 4 is 0 Å². The summed E-state index contributed by atoms with van der Waals surface area (Å²) in [6.45, 7) is 1.76. The Morgan fingerprint density at radius 1 is 1.20 bits per heavy atom. The fourth-order valence-corrected chi connectivity index (χ4v) is 2.26. The molecule has 0 amide bonds. The van der Waals surface area contributed by atoms with Crippen molar-refractivity contribution in [3.8, 4) is 11.5 Å². The maximum absolute atomic E-state index is 5.93. The van der Waals surface area contributed by atoms with Crippen molar-refractivity contribution in [1.82, 2.24) is 5.32 Å². The molecule has 1 aromatic rings. The second-order valence-corrected chi connectivity index (χ2v) is 4.12. The van der Waals surface area contributed by atoms with E-state index in [1.165, 1.54) is 12.8 Å². The first-order valence-electron chi connectivity index (χ1n) is 5.55. The lowest BCUT2D eigenvalue weighted by Crippen LogP contribution is -2.44. The first kappa shape index (κ1) is 9.04. The van der Waals surface area contributed by atoms with Gasteiger partial charge in [0.05, 0.1) is 0 Å². The van der Waals surface area contributed by atoms with Gasteiger partial charge in [0.15, 0.2) is 11.5 Å². The van der Waals surface area contributed by atoms with Gasteiger partial charge in [-0.25, -0.2) is 0 Å². The summed E-state index contributed by atoms with van der Waals surface area (Å²) in [7, 11) is 0. The van der Waals surface area contributed by atoms with Gasteiger partial charge >= 0.3 is 0 Å². The first-order chi connectivity index (χ1) is 7.43. The Morgan fingerprint density at radius 3 is 2.87 bits per heavy atom. The quantitative estimate of drug-likeness (QED) is 0.755. The standard InChI is InChI=1S/C12H15NO2/c1-2-6-11-10(5-1)14-8-12(15-11)9-4-3-7-13-9/h1-2,5-6,9,12-13H,3-4,7-8H2/t9-,12-/m0/s1. The lowest BCUT2D eigenvalue weighted by molar-refractivity contribution is 0.0672. The SMILES string of the molecule is c1ccc2c(c1)OC[C@@H]([C@@H]1CCCN1)O2. The Kier molecular flexibility index (Phi) is 2.25. The van der Waals surface area contributed by atoms with Crippen molar-refractivity contribution in [2.45, 2.75) is 25.0 Å². The van der Waals surface area contributed by atoms with E-state index >= 15 is 0 Å². The summed E-state index contributed by atoms with van der Waals surface area (Å²) < 4.78 is 11.6. The van der Waals surface area contributed by atoms with Crippen molar-refractivity contribution in [3.63, 3.8) is 0 Å². The van der Waals surface area contributed by atoms with Crippen LogP contribution in [0.25, 0.3) is 0 Å². The molecule has 2 atom stereocenters. The van der Waals surface area contributed by atoms with Crippen LogP contribution < -0.4 is 14.8 Å². The molecule has 1 saturated heterocycles. The monoisotopic (exact) mass is 205 g/mol. The molecule has 0 radical (unpaired) electrons. The maximum Gasteiger partial charge on any atom is 0.161 e. The van der Waals surface area contributed by atoms with Crippen LogP contribution in [-0.4, -0.2) is 25.3 Å². The summed E-state index contributed by atoms with van der Waals surface area (Å²) in [6, 6.07) is 8.32. The fraction of sp³-hybridized carbons (Fsp3) is 0.500. The molecule has 1 aromatic carbocycles. The molecule has 0 saturated carbocycles. The summed E-state index contributed by atoms with van der Waals surface area (Å²) >= 11 is 0. The predicted molar refractivity (Wildman–Crippen MR) is 57.4 cm³/mol. The van der Waals surface area contributed by atoms with Crippen molar-refractivity contribution in [3.05, 3.63) is 24.3 Å². The highest BCUT2D eigenvalue weighted by Crippen LogP contribution is 2.32. The van der Waals surface area contributed by atoms with E-state index in [2.05, 4.69) is 5.32 Å². The average molecular weight is 205 g/mol. The molecule has 80 valence electrons. The van der Waals surface area contributed by atoms with Gasteiger partial charge in [-0.3, -0.25) is 0 Å². The molecule has 3 heteroatoms. The molecule has 2 aliphatic heterocycles. The van der Waals surface area contributed by atoms with Gasteiger partial charge < -0.3 is 14.8 Å². The molecule has 0 aromatic heterocycles. The van der Waals surface area contributed by atoms with Crippen LogP contribution in [0.4, 0.5) is 0 Å². The van der Waals surface area contributed by atoms with E-state index in [4.69, 9.17) is 9.47 Å². The van der Waals surface area contributed by atoms with Gasteiger partial charge in [0.25, 0.3) is 0 Å². The molecular weight excluding hydrogens is 190 g/mol. The first-order valence-corrected chi connectivity index (χ1v) is 5.55. The molecule has 0 spiro atoms. The van der Waals surface area contributed by atoms with Crippen LogP contribution in [0.1, 0.15) is 12.8 Å². The Bertz CT molecular complexity index is 347. The minimum Gasteiger partial charge on any atom is -0.486 e. The number of nitrogens with one attached hydrogen (secondary N) is 1. The zero-order valence-electron chi connectivity index (χ0n) is 8.61. The van der Waals surface area contributed by atoms with Crippen molar-refractivity contribution in [2.24, 2.45) is 0 Å². The van der Waals surface area contributed by atoms with Crippen LogP contribution in [0.3, 0.4) is 0 Å². The van der Waals surface area contributed by atoms with E-state index in [0.717, 1.165) is 18.0 Å². The normalized spacial score (nSPS) is 29.1. The number of para-hydroxylation sites is 2. The summed E-state index contributed by atoms with van der Waals surface area (Å²) in [4.78, 5) is 0. The second kappa shape index (κ2) is 3.74. The van der Waals surface area contributed by atoms with Crippen molar-refractivity contribution in [1.29, 1.82) is 0 Å². The third-order valence-corrected chi connectivity index (χ3v) is 3.08. The number of hydrogen-bond acceptors (Lipinski definition) is 3. The number of benzene rings is 1. The fourth-order valence-electron chi connectivity index (χ4n) is 2.26. The van der Waals surface area contributed by atoms with E-state index in [-0.39, 0.29) is 6.10 Å². The van der Waals surface area contributed by atoms with Gasteiger partial charge in [0.2, 0.25) is 0 Å². The van der Waals surface area contributed by atoms with Gasteiger partial charge in [-0.2, -0.15) is 0 Å².